The highest BCUT2D eigenvalue weighted by molar-refractivity contribution is 5.93. The number of rotatable bonds is 0. The van der Waals surface area contributed by atoms with Crippen LogP contribution in [-0.2, 0) is 14.3 Å². The molecule has 2 unspecified atom stereocenters. The van der Waals surface area contributed by atoms with Gasteiger partial charge in [0.1, 0.15) is 6.10 Å². The Hall–Kier alpha value is -1.84. The molecule has 1 saturated heterocycles. The molecule has 0 aliphatic carbocycles. The van der Waals surface area contributed by atoms with Gasteiger partial charge in [-0.25, -0.2) is 4.79 Å². The molecular weight excluding hydrogens is 232 g/mol. The van der Waals surface area contributed by atoms with Gasteiger partial charge in [0.25, 0.3) is 0 Å². The fourth-order valence-corrected chi connectivity index (χ4v) is 1.99. The van der Waals surface area contributed by atoms with Crippen molar-refractivity contribution in [2.45, 2.75) is 38.9 Å². The van der Waals surface area contributed by atoms with Crippen LogP contribution in [0.3, 0.4) is 0 Å². The van der Waals surface area contributed by atoms with E-state index < -0.39 is 0 Å². The number of carbonyl (C=O) groups excluding carboxylic acids is 2. The van der Waals surface area contributed by atoms with Crippen molar-refractivity contribution in [3.05, 3.63) is 35.4 Å². The maximum atomic E-state index is 11.1. The summed E-state index contributed by atoms with van der Waals surface area (Å²) in [6, 6.07) is 7.47. The van der Waals surface area contributed by atoms with Crippen LogP contribution in [0.4, 0.5) is 0 Å². The first-order valence-electron chi connectivity index (χ1n) is 6.07. The zero-order chi connectivity index (χ0) is 13.1. The molecule has 1 aromatic rings. The van der Waals surface area contributed by atoms with Crippen molar-refractivity contribution >= 4 is 11.9 Å². The van der Waals surface area contributed by atoms with Crippen molar-refractivity contribution in [2.75, 3.05) is 0 Å². The summed E-state index contributed by atoms with van der Waals surface area (Å²) in [6.45, 7) is 3.79. The second-order valence-electron chi connectivity index (χ2n) is 4.47. The van der Waals surface area contributed by atoms with Crippen LogP contribution in [0.25, 0.3) is 0 Å². The van der Waals surface area contributed by atoms with Gasteiger partial charge >= 0.3 is 11.9 Å². The summed E-state index contributed by atoms with van der Waals surface area (Å²) in [5.74, 6) is -0.249. The molecule has 0 aromatic heterocycles. The number of benzene rings is 1. The minimum absolute atomic E-state index is 0.0486. The molecule has 96 valence electrons. The lowest BCUT2D eigenvalue weighted by Crippen LogP contribution is -1.98. The molecular formula is C14H16O4. The van der Waals surface area contributed by atoms with Crippen LogP contribution in [0.1, 0.15) is 48.7 Å². The number of hydrogen-bond donors (Lipinski definition) is 0. The van der Waals surface area contributed by atoms with Gasteiger partial charge in [0, 0.05) is 12.0 Å². The molecule has 0 saturated carbocycles. The van der Waals surface area contributed by atoms with Crippen LogP contribution < -0.4 is 0 Å². The van der Waals surface area contributed by atoms with E-state index in [-0.39, 0.29) is 24.1 Å². The van der Waals surface area contributed by atoms with Gasteiger partial charge in [0.2, 0.25) is 0 Å². The standard InChI is InChI=1S/C9H8O2.C5H8O2/c1-6-7-4-2-3-5-8(7)9(10)11-6;1-4-2-3-5(6)7-4/h2-6H,1H3;4H,2-3H2,1H3. The van der Waals surface area contributed by atoms with Gasteiger partial charge in [0.15, 0.2) is 0 Å². The highest BCUT2D eigenvalue weighted by Crippen LogP contribution is 2.29. The topological polar surface area (TPSA) is 52.6 Å². The van der Waals surface area contributed by atoms with Gasteiger partial charge < -0.3 is 9.47 Å². The summed E-state index contributed by atoms with van der Waals surface area (Å²) < 4.78 is 9.71. The van der Waals surface area contributed by atoms with Crippen LogP contribution in [0, 0.1) is 0 Å². The summed E-state index contributed by atoms with van der Waals surface area (Å²) in [7, 11) is 0. The second kappa shape index (κ2) is 5.21. The largest absolute Gasteiger partial charge is 0.463 e. The van der Waals surface area contributed by atoms with Crippen molar-refractivity contribution in [1.29, 1.82) is 0 Å². The van der Waals surface area contributed by atoms with Crippen molar-refractivity contribution in [1.82, 2.24) is 0 Å². The molecule has 2 aliphatic rings. The zero-order valence-corrected chi connectivity index (χ0v) is 10.5. The van der Waals surface area contributed by atoms with Crippen LogP contribution in [0.2, 0.25) is 0 Å². The third-order valence-electron chi connectivity index (χ3n) is 2.99. The Morgan fingerprint density at radius 1 is 1.11 bits per heavy atom. The summed E-state index contributed by atoms with van der Waals surface area (Å²) in [5, 5.41) is 0. The normalized spacial score (nSPS) is 24.8. The van der Waals surface area contributed by atoms with Crippen molar-refractivity contribution in [3.63, 3.8) is 0 Å². The van der Waals surface area contributed by atoms with Gasteiger partial charge in [-0.2, -0.15) is 0 Å². The smallest absolute Gasteiger partial charge is 0.339 e. The van der Waals surface area contributed by atoms with Gasteiger partial charge in [-0.3, -0.25) is 4.79 Å². The molecule has 2 aliphatic heterocycles. The van der Waals surface area contributed by atoms with Gasteiger partial charge in [0.05, 0.1) is 11.7 Å². The van der Waals surface area contributed by atoms with E-state index in [4.69, 9.17) is 9.47 Å². The number of carbonyl (C=O) groups is 2. The monoisotopic (exact) mass is 248 g/mol. The second-order valence-corrected chi connectivity index (χ2v) is 4.47. The highest BCUT2D eigenvalue weighted by atomic mass is 16.6. The molecule has 1 aromatic carbocycles. The first kappa shape index (κ1) is 12.6. The van der Waals surface area contributed by atoms with E-state index in [1.165, 1.54) is 0 Å². The van der Waals surface area contributed by atoms with E-state index in [2.05, 4.69) is 0 Å². The summed E-state index contributed by atoms with van der Waals surface area (Å²) >= 11 is 0. The van der Waals surface area contributed by atoms with Crippen LogP contribution in [0.15, 0.2) is 24.3 Å². The lowest BCUT2D eigenvalue weighted by Gasteiger charge is -1.99. The first-order chi connectivity index (χ1) is 8.58. The maximum Gasteiger partial charge on any atom is 0.339 e. The average Bonchev–Trinajstić information content (AvgIpc) is 2.85. The SMILES string of the molecule is CC1CCC(=O)O1.CC1OC(=O)c2ccccc21. The molecule has 0 amide bonds. The van der Waals surface area contributed by atoms with Gasteiger partial charge in [-0.05, 0) is 26.3 Å². The Labute approximate surface area is 106 Å². The number of esters is 2. The van der Waals surface area contributed by atoms with E-state index >= 15 is 0 Å². The number of hydrogen-bond acceptors (Lipinski definition) is 4. The van der Waals surface area contributed by atoms with E-state index in [9.17, 15) is 9.59 Å². The first-order valence-corrected chi connectivity index (χ1v) is 6.07. The minimum atomic E-state index is -0.201. The van der Waals surface area contributed by atoms with Crippen molar-refractivity contribution < 1.29 is 19.1 Å². The molecule has 1 fully saturated rings. The lowest BCUT2D eigenvalue weighted by atomic mass is 10.1. The lowest BCUT2D eigenvalue weighted by molar-refractivity contribution is -0.140. The molecule has 3 rings (SSSR count). The van der Waals surface area contributed by atoms with E-state index in [0.717, 1.165) is 12.0 Å². The molecule has 18 heavy (non-hydrogen) atoms. The fraction of sp³-hybridized carbons (Fsp3) is 0.429. The average molecular weight is 248 g/mol. The predicted molar refractivity (Wildman–Crippen MR) is 65.1 cm³/mol. The third kappa shape index (κ3) is 2.70. The van der Waals surface area contributed by atoms with Crippen LogP contribution >= 0.6 is 0 Å². The molecule has 2 atom stereocenters. The molecule has 4 nitrogen and oxygen atoms in total. The fourth-order valence-electron chi connectivity index (χ4n) is 1.99. The number of fused-ring (bicyclic) bond motifs is 1. The highest BCUT2D eigenvalue weighted by Gasteiger charge is 2.26. The zero-order valence-electron chi connectivity index (χ0n) is 10.5. The number of ether oxygens (including phenoxy) is 2. The Kier molecular flexibility index (Phi) is 3.65. The Bertz CT molecular complexity index is 467. The minimum Gasteiger partial charge on any atom is -0.463 e. The van der Waals surface area contributed by atoms with Crippen molar-refractivity contribution in [3.8, 4) is 0 Å². The van der Waals surface area contributed by atoms with Gasteiger partial charge in [-0.15, -0.1) is 0 Å². The molecule has 0 radical (unpaired) electrons. The van der Waals surface area contributed by atoms with Crippen molar-refractivity contribution in [2.24, 2.45) is 0 Å². The Morgan fingerprint density at radius 3 is 2.33 bits per heavy atom. The molecule has 2 heterocycles. The summed E-state index contributed by atoms with van der Waals surface area (Å²) in [4.78, 5) is 21.3. The molecule has 0 spiro atoms. The summed E-state index contributed by atoms with van der Waals surface area (Å²) in [5.41, 5.74) is 1.71. The van der Waals surface area contributed by atoms with Crippen LogP contribution in [0.5, 0.6) is 0 Å². The van der Waals surface area contributed by atoms with E-state index in [1.54, 1.807) is 6.07 Å². The number of cyclic esters (lactones) is 2. The summed E-state index contributed by atoms with van der Waals surface area (Å²) in [6.07, 6.45) is 1.62. The predicted octanol–water partition coefficient (Wildman–Crippen LogP) is 2.63. The molecule has 4 heteroatoms. The molecule has 0 N–H and O–H groups in total. The Balaban J connectivity index is 0.000000149. The quantitative estimate of drug-likeness (QED) is 0.662. The molecule has 0 bridgehead atoms. The maximum absolute atomic E-state index is 11.1. The Morgan fingerprint density at radius 2 is 1.83 bits per heavy atom. The van der Waals surface area contributed by atoms with E-state index in [1.807, 2.05) is 32.0 Å². The van der Waals surface area contributed by atoms with Crippen LogP contribution in [-0.4, -0.2) is 18.0 Å². The van der Waals surface area contributed by atoms with E-state index in [0.29, 0.717) is 12.0 Å². The van der Waals surface area contributed by atoms with Gasteiger partial charge in [-0.1, -0.05) is 18.2 Å². The third-order valence-corrected chi connectivity index (χ3v) is 2.99.